The average molecular weight is 470 g/mol. The van der Waals surface area contributed by atoms with Crippen molar-refractivity contribution >= 4 is 36.7 Å². The van der Waals surface area contributed by atoms with Crippen LogP contribution in [-0.2, 0) is 0 Å². The Morgan fingerprint density at radius 3 is 1.24 bits per heavy atom. The molecule has 0 aliphatic rings. The van der Waals surface area contributed by atoms with E-state index in [0.717, 1.165) is 19.1 Å². The van der Waals surface area contributed by atoms with Crippen LogP contribution >= 0.6 is 20.8 Å². The molecular formula is C26H33BrNP. The van der Waals surface area contributed by atoms with E-state index < -0.39 is 5.31 Å². The summed E-state index contributed by atoms with van der Waals surface area (Å²) < 4.78 is 0. The normalized spacial score (nSPS) is 13.0. The molecule has 3 aromatic carbocycles. The molecule has 0 saturated carbocycles. The molecule has 3 aromatic rings. The fourth-order valence-corrected chi connectivity index (χ4v) is 12.1. The van der Waals surface area contributed by atoms with Gasteiger partial charge in [0.05, 0.1) is 0 Å². The molecule has 1 nitrogen and oxygen atoms in total. The zero-order valence-corrected chi connectivity index (χ0v) is 19.7. The van der Waals surface area contributed by atoms with Crippen LogP contribution in [0.15, 0.2) is 91.0 Å². The first-order valence-corrected chi connectivity index (χ1v) is 15.2. The molecule has 0 saturated heterocycles. The third-order valence-electron chi connectivity index (χ3n) is 5.92. The fourth-order valence-electron chi connectivity index (χ4n) is 4.31. The Hall–Kier alpha value is -1.47. The third-order valence-corrected chi connectivity index (χ3v) is 15.9. The Morgan fingerprint density at radius 2 is 0.862 bits per heavy atom. The summed E-state index contributed by atoms with van der Waals surface area (Å²) in [6.07, 6.45) is 8.60. The predicted octanol–water partition coefficient (Wildman–Crippen LogP) is 6.13. The van der Waals surface area contributed by atoms with Crippen molar-refractivity contribution < 1.29 is 0 Å². The van der Waals surface area contributed by atoms with Crippen molar-refractivity contribution in [2.75, 3.05) is 12.7 Å². The van der Waals surface area contributed by atoms with E-state index in [1.165, 1.54) is 48.0 Å². The topological polar surface area (TPSA) is 26.0 Å². The van der Waals surface area contributed by atoms with Crippen molar-refractivity contribution in [1.82, 2.24) is 0 Å². The molecule has 0 amide bonds. The number of hydrogen-bond donors (Lipinski definition) is 1. The quantitative estimate of drug-likeness (QED) is 0.265. The van der Waals surface area contributed by atoms with E-state index in [1.807, 2.05) is 0 Å². The summed E-state index contributed by atoms with van der Waals surface area (Å²) in [5, 5.41) is 1.53. The average Bonchev–Trinajstić information content (AvgIpc) is 2.80. The summed E-state index contributed by atoms with van der Waals surface area (Å²) in [6.45, 7) is 0.814. The van der Waals surface area contributed by atoms with E-state index in [9.17, 15) is 0 Å². The minimum atomic E-state index is -2.72. The number of rotatable bonds is 11. The van der Waals surface area contributed by atoms with E-state index in [2.05, 4.69) is 106 Å². The molecule has 0 aromatic heterocycles. The van der Waals surface area contributed by atoms with Gasteiger partial charge in [-0.25, -0.2) is 0 Å². The van der Waals surface area contributed by atoms with Crippen LogP contribution in [0.2, 0.25) is 0 Å². The van der Waals surface area contributed by atoms with Gasteiger partial charge in [-0.05, 0) is 0 Å². The zero-order chi connectivity index (χ0) is 20.4. The summed E-state index contributed by atoms with van der Waals surface area (Å²) in [5.41, 5.74) is 5.64. The summed E-state index contributed by atoms with van der Waals surface area (Å²) in [7, 11) is 0. The Bertz CT molecular complexity index is 752. The van der Waals surface area contributed by atoms with Crippen LogP contribution in [0.4, 0.5) is 0 Å². The SMILES string of the molecule is NCCCCCCCCP(Br)(c1ccccc1)(c1ccccc1)c1ccccc1. The molecule has 0 bridgehead atoms. The number of benzene rings is 3. The minimum absolute atomic E-state index is 0.814. The predicted molar refractivity (Wildman–Crippen MR) is 136 cm³/mol. The number of nitrogens with two attached hydrogens (primary N) is 1. The van der Waals surface area contributed by atoms with Crippen molar-refractivity contribution in [3.8, 4) is 0 Å². The molecular weight excluding hydrogens is 437 g/mol. The van der Waals surface area contributed by atoms with Gasteiger partial charge in [0.2, 0.25) is 0 Å². The molecule has 0 aliphatic heterocycles. The van der Waals surface area contributed by atoms with Crippen LogP contribution in [0.3, 0.4) is 0 Å². The standard InChI is InChI=1S/C26H33BrNP/c27-29(24-16-8-5-9-17-24,25-18-10-6-11-19-25,26-20-12-7-13-21-26)23-15-4-2-1-3-14-22-28/h5-13,16-21H,1-4,14-15,22-23,28H2. The van der Waals surface area contributed by atoms with Crippen LogP contribution in [0.1, 0.15) is 38.5 Å². The van der Waals surface area contributed by atoms with Gasteiger partial charge in [0, 0.05) is 0 Å². The van der Waals surface area contributed by atoms with E-state index in [-0.39, 0.29) is 0 Å². The maximum atomic E-state index is 5.64. The number of unbranched alkanes of at least 4 members (excludes halogenated alkanes) is 5. The summed E-state index contributed by atoms with van der Waals surface area (Å²) in [6, 6.07) is 33.3. The molecule has 0 atom stereocenters. The van der Waals surface area contributed by atoms with Gasteiger partial charge in [-0.2, -0.15) is 0 Å². The number of hydrogen-bond acceptors (Lipinski definition) is 1. The van der Waals surface area contributed by atoms with Gasteiger partial charge in [0.15, 0.2) is 0 Å². The molecule has 0 fully saturated rings. The van der Waals surface area contributed by atoms with Crippen molar-refractivity contribution in [2.45, 2.75) is 38.5 Å². The summed E-state index contributed by atoms with van der Waals surface area (Å²) in [5.74, 6) is 0. The second-order valence-corrected chi connectivity index (χ2v) is 16.9. The van der Waals surface area contributed by atoms with Crippen molar-refractivity contribution in [3.63, 3.8) is 0 Å². The van der Waals surface area contributed by atoms with Gasteiger partial charge in [0.25, 0.3) is 0 Å². The Kier molecular flexibility index (Phi) is 8.07. The van der Waals surface area contributed by atoms with Crippen LogP contribution < -0.4 is 21.6 Å². The maximum absolute atomic E-state index is 5.64. The molecule has 154 valence electrons. The Balaban J connectivity index is 2.00. The molecule has 3 heteroatoms. The van der Waals surface area contributed by atoms with E-state index >= 15 is 0 Å². The van der Waals surface area contributed by atoms with Crippen LogP contribution in [0, 0.1) is 0 Å². The van der Waals surface area contributed by atoms with Crippen LogP contribution in [0.25, 0.3) is 0 Å². The van der Waals surface area contributed by atoms with Crippen molar-refractivity contribution in [1.29, 1.82) is 0 Å². The van der Waals surface area contributed by atoms with Crippen LogP contribution in [0.5, 0.6) is 0 Å². The summed E-state index contributed by atoms with van der Waals surface area (Å²) in [4.78, 5) is 0. The van der Waals surface area contributed by atoms with Crippen molar-refractivity contribution in [3.05, 3.63) is 91.0 Å². The first-order valence-electron chi connectivity index (χ1n) is 10.8. The third kappa shape index (κ3) is 4.82. The monoisotopic (exact) mass is 469 g/mol. The summed E-state index contributed by atoms with van der Waals surface area (Å²) >= 11 is 4.53. The number of halogens is 1. The molecule has 0 heterocycles. The molecule has 0 aliphatic carbocycles. The molecule has 0 spiro atoms. The Labute approximate surface area is 184 Å². The van der Waals surface area contributed by atoms with E-state index in [4.69, 9.17) is 5.73 Å². The van der Waals surface area contributed by atoms with Gasteiger partial charge in [-0.15, -0.1) is 0 Å². The van der Waals surface area contributed by atoms with Crippen LogP contribution in [-0.4, -0.2) is 12.7 Å². The first-order chi connectivity index (χ1) is 14.2. The Morgan fingerprint density at radius 1 is 0.517 bits per heavy atom. The second-order valence-electron chi connectivity index (χ2n) is 7.82. The van der Waals surface area contributed by atoms with Gasteiger partial charge in [-0.1, -0.05) is 0 Å². The first kappa shape index (κ1) is 22.2. The zero-order valence-electron chi connectivity index (χ0n) is 17.2. The van der Waals surface area contributed by atoms with Gasteiger partial charge in [0.1, 0.15) is 0 Å². The fraction of sp³-hybridized carbons (Fsp3) is 0.308. The van der Waals surface area contributed by atoms with Gasteiger partial charge < -0.3 is 0 Å². The van der Waals surface area contributed by atoms with Gasteiger partial charge in [-0.3, -0.25) is 0 Å². The molecule has 3 rings (SSSR count). The molecule has 29 heavy (non-hydrogen) atoms. The molecule has 0 unspecified atom stereocenters. The van der Waals surface area contributed by atoms with Gasteiger partial charge >= 0.3 is 185 Å². The van der Waals surface area contributed by atoms with E-state index in [0.29, 0.717) is 0 Å². The molecule has 0 radical (unpaired) electrons. The van der Waals surface area contributed by atoms with E-state index in [1.54, 1.807) is 0 Å². The molecule has 2 N–H and O–H groups in total. The second kappa shape index (κ2) is 10.5. The van der Waals surface area contributed by atoms with Crippen molar-refractivity contribution in [2.24, 2.45) is 5.73 Å².